The number of piperidine rings is 1. The maximum Gasteiger partial charge on any atom is 0.241 e. The quantitative estimate of drug-likeness (QED) is 0.862. The minimum Gasteiger partial charge on any atom is -0.491 e. The molecule has 0 spiro atoms. The van der Waals surface area contributed by atoms with Crippen molar-refractivity contribution in [2.45, 2.75) is 32.2 Å². The Morgan fingerprint density at radius 1 is 1.55 bits per heavy atom. The Hall–Kier alpha value is -0.780. The summed E-state index contributed by atoms with van der Waals surface area (Å²) >= 11 is 9.45. The largest absolute Gasteiger partial charge is 0.491 e. The van der Waals surface area contributed by atoms with Crippen LogP contribution < -0.4 is 15.4 Å². The number of nitrogens with one attached hydrogen (secondary N) is 2. The van der Waals surface area contributed by atoms with E-state index in [0.717, 1.165) is 30.3 Å². The highest BCUT2D eigenvalue weighted by Crippen LogP contribution is 2.36. The topological polar surface area (TPSA) is 50.4 Å². The van der Waals surface area contributed by atoms with E-state index in [4.69, 9.17) is 16.3 Å². The van der Waals surface area contributed by atoms with Crippen molar-refractivity contribution in [3.05, 3.63) is 21.6 Å². The molecule has 0 bridgehead atoms. The van der Waals surface area contributed by atoms with E-state index in [-0.39, 0.29) is 11.9 Å². The highest BCUT2D eigenvalue weighted by molar-refractivity contribution is 9.10. The van der Waals surface area contributed by atoms with Crippen LogP contribution >= 0.6 is 27.5 Å². The van der Waals surface area contributed by atoms with Crippen LogP contribution in [0.25, 0.3) is 0 Å². The van der Waals surface area contributed by atoms with Crippen LogP contribution in [0.2, 0.25) is 5.02 Å². The number of anilines is 1. The second kappa shape index (κ2) is 7.29. The number of halogens is 2. The van der Waals surface area contributed by atoms with Crippen molar-refractivity contribution in [2.75, 3.05) is 18.5 Å². The van der Waals surface area contributed by atoms with Gasteiger partial charge in [-0.3, -0.25) is 4.79 Å². The third-order valence-electron chi connectivity index (χ3n) is 3.18. The van der Waals surface area contributed by atoms with Gasteiger partial charge in [-0.15, -0.1) is 0 Å². The molecule has 1 aromatic carbocycles. The number of hydrogen-bond acceptors (Lipinski definition) is 3. The molecule has 2 N–H and O–H groups in total. The van der Waals surface area contributed by atoms with Gasteiger partial charge < -0.3 is 15.4 Å². The van der Waals surface area contributed by atoms with Gasteiger partial charge in [0.05, 0.1) is 22.8 Å². The molecule has 0 aliphatic carbocycles. The summed E-state index contributed by atoms with van der Waals surface area (Å²) in [7, 11) is 0. The lowest BCUT2D eigenvalue weighted by Crippen LogP contribution is -2.43. The number of ether oxygens (including phenoxy) is 1. The normalized spacial score (nSPS) is 18.6. The van der Waals surface area contributed by atoms with E-state index >= 15 is 0 Å². The molecule has 1 saturated heterocycles. The predicted molar refractivity (Wildman–Crippen MR) is 84.6 cm³/mol. The molecule has 0 aromatic heterocycles. The van der Waals surface area contributed by atoms with E-state index < -0.39 is 0 Å². The molecule has 1 aliphatic heterocycles. The minimum absolute atomic E-state index is 0.0418. The summed E-state index contributed by atoms with van der Waals surface area (Å²) in [5.74, 6) is 0.570. The zero-order chi connectivity index (χ0) is 14.5. The molecular formula is C14H18BrClN2O2. The summed E-state index contributed by atoms with van der Waals surface area (Å²) < 4.78 is 6.31. The van der Waals surface area contributed by atoms with Crippen LogP contribution in [0, 0.1) is 0 Å². The molecule has 4 nitrogen and oxygen atoms in total. The van der Waals surface area contributed by atoms with E-state index in [9.17, 15) is 4.79 Å². The maximum absolute atomic E-state index is 12.3. The fourth-order valence-electron chi connectivity index (χ4n) is 2.24. The number of carbonyl (C=O) groups excluding carboxylic acids is 1. The maximum atomic E-state index is 12.3. The number of amides is 1. The zero-order valence-electron chi connectivity index (χ0n) is 11.3. The van der Waals surface area contributed by atoms with Gasteiger partial charge >= 0.3 is 0 Å². The molecular weight excluding hydrogens is 344 g/mol. The minimum atomic E-state index is -0.143. The Labute approximate surface area is 132 Å². The molecule has 1 aliphatic rings. The second-order valence-corrected chi connectivity index (χ2v) is 5.98. The molecule has 1 atom stereocenters. The predicted octanol–water partition coefficient (Wildman–Crippen LogP) is 3.58. The zero-order valence-corrected chi connectivity index (χ0v) is 13.7. The standard InChI is InChI=1S/C14H18BrClN2O2/c1-2-20-13-10(15)7-9(16)8-12(13)18-14(19)11-5-3-4-6-17-11/h7-8,11,17H,2-6H2,1H3,(H,18,19)/t11-/m0/s1. The van der Waals surface area contributed by atoms with Crippen LogP contribution in [0.1, 0.15) is 26.2 Å². The van der Waals surface area contributed by atoms with Crippen LogP contribution in [0.4, 0.5) is 5.69 Å². The SMILES string of the molecule is CCOc1c(Br)cc(Cl)cc1NC(=O)[C@@H]1CCCCN1. The summed E-state index contributed by atoms with van der Waals surface area (Å²) in [5, 5.41) is 6.68. The van der Waals surface area contributed by atoms with E-state index in [1.165, 1.54) is 0 Å². The summed E-state index contributed by atoms with van der Waals surface area (Å²) in [6.07, 6.45) is 3.05. The monoisotopic (exact) mass is 360 g/mol. The molecule has 1 fully saturated rings. The lowest BCUT2D eigenvalue weighted by molar-refractivity contribution is -0.118. The van der Waals surface area contributed by atoms with Crippen molar-refractivity contribution in [3.8, 4) is 5.75 Å². The Bertz CT molecular complexity index is 490. The number of rotatable bonds is 4. The Morgan fingerprint density at radius 3 is 3.00 bits per heavy atom. The van der Waals surface area contributed by atoms with Gasteiger partial charge in [-0.05, 0) is 54.4 Å². The Balaban J connectivity index is 2.16. The average Bonchev–Trinajstić information content (AvgIpc) is 2.43. The van der Waals surface area contributed by atoms with Gasteiger partial charge in [0.25, 0.3) is 0 Å². The van der Waals surface area contributed by atoms with Gasteiger partial charge in [0.2, 0.25) is 5.91 Å². The fourth-order valence-corrected chi connectivity index (χ4v) is 3.16. The van der Waals surface area contributed by atoms with E-state index in [2.05, 4.69) is 26.6 Å². The summed E-state index contributed by atoms with van der Waals surface area (Å²) in [6, 6.07) is 3.31. The van der Waals surface area contributed by atoms with Crippen molar-refractivity contribution < 1.29 is 9.53 Å². The van der Waals surface area contributed by atoms with Crippen molar-refractivity contribution in [1.29, 1.82) is 0 Å². The van der Waals surface area contributed by atoms with Gasteiger partial charge in [0.1, 0.15) is 0 Å². The first-order chi connectivity index (χ1) is 9.61. The van der Waals surface area contributed by atoms with Crippen molar-refractivity contribution in [1.82, 2.24) is 5.32 Å². The molecule has 20 heavy (non-hydrogen) atoms. The highest BCUT2D eigenvalue weighted by Gasteiger charge is 2.22. The Morgan fingerprint density at radius 2 is 2.35 bits per heavy atom. The van der Waals surface area contributed by atoms with E-state index in [1.807, 2.05) is 6.92 Å². The van der Waals surface area contributed by atoms with Gasteiger partial charge in [0, 0.05) is 5.02 Å². The fraction of sp³-hybridized carbons (Fsp3) is 0.500. The summed E-state index contributed by atoms with van der Waals surface area (Å²) in [4.78, 5) is 12.3. The van der Waals surface area contributed by atoms with Crippen LogP contribution in [0.15, 0.2) is 16.6 Å². The van der Waals surface area contributed by atoms with Gasteiger partial charge in [-0.25, -0.2) is 0 Å². The first-order valence-corrected chi connectivity index (χ1v) is 7.95. The van der Waals surface area contributed by atoms with Crippen LogP contribution in [0.5, 0.6) is 5.75 Å². The van der Waals surface area contributed by atoms with Crippen molar-refractivity contribution >= 4 is 39.1 Å². The van der Waals surface area contributed by atoms with Crippen LogP contribution in [-0.2, 0) is 4.79 Å². The molecule has 1 heterocycles. The molecule has 0 radical (unpaired) electrons. The average molecular weight is 362 g/mol. The molecule has 110 valence electrons. The Kier molecular flexibility index (Phi) is 5.69. The van der Waals surface area contributed by atoms with Crippen molar-refractivity contribution in [2.24, 2.45) is 0 Å². The van der Waals surface area contributed by atoms with Crippen LogP contribution in [-0.4, -0.2) is 25.1 Å². The first kappa shape index (κ1) is 15.6. The third kappa shape index (κ3) is 3.87. The van der Waals surface area contributed by atoms with Gasteiger partial charge in [-0.1, -0.05) is 18.0 Å². The molecule has 0 saturated carbocycles. The second-order valence-electron chi connectivity index (χ2n) is 4.69. The molecule has 6 heteroatoms. The highest BCUT2D eigenvalue weighted by atomic mass is 79.9. The smallest absolute Gasteiger partial charge is 0.241 e. The number of carbonyl (C=O) groups is 1. The number of benzene rings is 1. The molecule has 2 rings (SSSR count). The number of hydrogen-bond donors (Lipinski definition) is 2. The summed E-state index contributed by atoms with van der Waals surface area (Å²) in [5.41, 5.74) is 0.601. The molecule has 1 amide bonds. The summed E-state index contributed by atoms with van der Waals surface area (Å²) in [6.45, 7) is 3.30. The van der Waals surface area contributed by atoms with Crippen molar-refractivity contribution in [3.63, 3.8) is 0 Å². The van der Waals surface area contributed by atoms with E-state index in [1.54, 1.807) is 12.1 Å². The third-order valence-corrected chi connectivity index (χ3v) is 3.99. The van der Waals surface area contributed by atoms with Crippen LogP contribution in [0.3, 0.4) is 0 Å². The molecule has 1 aromatic rings. The van der Waals surface area contributed by atoms with Gasteiger partial charge in [-0.2, -0.15) is 0 Å². The first-order valence-electron chi connectivity index (χ1n) is 6.78. The van der Waals surface area contributed by atoms with E-state index in [0.29, 0.717) is 23.1 Å². The van der Waals surface area contributed by atoms with Gasteiger partial charge in [0.15, 0.2) is 5.75 Å². The lowest BCUT2D eigenvalue weighted by atomic mass is 10.0. The lowest BCUT2D eigenvalue weighted by Gasteiger charge is -2.23. The molecule has 0 unspecified atom stereocenters.